The SMILES string of the molecule is CON=C(C(=O)OC)c1ccccc1COc1ccc(-c2nnn(C)n2)cc1C. The summed E-state index contributed by atoms with van der Waals surface area (Å²) in [6.07, 6.45) is 0. The van der Waals surface area contributed by atoms with Gasteiger partial charge in [-0.05, 0) is 41.5 Å². The van der Waals surface area contributed by atoms with Gasteiger partial charge in [-0.25, -0.2) is 4.79 Å². The first kappa shape index (κ1) is 20.0. The minimum atomic E-state index is -0.587. The Morgan fingerprint density at radius 3 is 2.62 bits per heavy atom. The van der Waals surface area contributed by atoms with Crippen molar-refractivity contribution in [3.63, 3.8) is 0 Å². The van der Waals surface area contributed by atoms with Gasteiger partial charge in [0, 0.05) is 11.1 Å². The van der Waals surface area contributed by atoms with Crippen molar-refractivity contribution in [2.24, 2.45) is 12.2 Å². The van der Waals surface area contributed by atoms with Crippen LogP contribution in [0.15, 0.2) is 47.6 Å². The molecular formula is C20H21N5O4. The molecule has 0 spiro atoms. The molecule has 0 radical (unpaired) electrons. The summed E-state index contributed by atoms with van der Waals surface area (Å²) in [7, 11) is 4.39. The van der Waals surface area contributed by atoms with E-state index in [9.17, 15) is 4.79 Å². The molecule has 150 valence electrons. The highest BCUT2D eigenvalue weighted by Gasteiger charge is 2.19. The van der Waals surface area contributed by atoms with Gasteiger partial charge in [0.15, 0.2) is 5.71 Å². The van der Waals surface area contributed by atoms with E-state index in [4.69, 9.17) is 14.3 Å². The minimum absolute atomic E-state index is 0.0787. The van der Waals surface area contributed by atoms with E-state index in [1.807, 2.05) is 37.3 Å². The average Bonchev–Trinajstić information content (AvgIpc) is 3.17. The number of benzene rings is 2. The topological polar surface area (TPSA) is 101 Å². The van der Waals surface area contributed by atoms with Crippen LogP contribution in [0.5, 0.6) is 5.75 Å². The number of rotatable bonds is 7. The quantitative estimate of drug-likeness (QED) is 0.344. The summed E-state index contributed by atoms with van der Waals surface area (Å²) in [5.41, 5.74) is 3.21. The summed E-state index contributed by atoms with van der Waals surface area (Å²) in [6.45, 7) is 2.17. The third kappa shape index (κ3) is 4.57. The number of hydrogen-bond donors (Lipinski definition) is 0. The van der Waals surface area contributed by atoms with Crippen LogP contribution in [0, 0.1) is 6.92 Å². The highest BCUT2D eigenvalue weighted by molar-refractivity contribution is 6.43. The zero-order chi connectivity index (χ0) is 20.8. The monoisotopic (exact) mass is 395 g/mol. The molecule has 0 aliphatic carbocycles. The fraction of sp³-hybridized carbons (Fsp3) is 0.250. The molecule has 2 aromatic carbocycles. The van der Waals surface area contributed by atoms with Crippen LogP contribution in [0.3, 0.4) is 0 Å². The number of methoxy groups -OCH3 is 1. The molecule has 0 fully saturated rings. The lowest BCUT2D eigenvalue weighted by Gasteiger charge is -2.13. The summed E-state index contributed by atoms with van der Waals surface area (Å²) >= 11 is 0. The molecule has 0 aliphatic rings. The lowest BCUT2D eigenvalue weighted by atomic mass is 10.0. The van der Waals surface area contributed by atoms with Gasteiger partial charge in [0.2, 0.25) is 5.82 Å². The lowest BCUT2D eigenvalue weighted by molar-refractivity contribution is -0.132. The first-order chi connectivity index (χ1) is 14.0. The maximum Gasteiger partial charge on any atom is 0.360 e. The molecule has 3 rings (SSSR count). The molecule has 0 bridgehead atoms. The minimum Gasteiger partial charge on any atom is -0.489 e. The van der Waals surface area contributed by atoms with E-state index in [1.54, 1.807) is 19.2 Å². The van der Waals surface area contributed by atoms with Crippen LogP contribution in [0.25, 0.3) is 11.4 Å². The van der Waals surface area contributed by atoms with Crippen LogP contribution >= 0.6 is 0 Å². The summed E-state index contributed by atoms with van der Waals surface area (Å²) in [4.78, 5) is 18.3. The second kappa shape index (κ2) is 8.96. The van der Waals surface area contributed by atoms with E-state index < -0.39 is 5.97 Å². The maximum atomic E-state index is 12.1. The zero-order valence-corrected chi connectivity index (χ0v) is 16.6. The first-order valence-electron chi connectivity index (χ1n) is 8.79. The molecule has 0 amide bonds. The molecule has 1 heterocycles. The summed E-state index contributed by atoms with van der Waals surface area (Å²) in [6, 6.07) is 13.0. The van der Waals surface area contributed by atoms with Crippen LogP contribution in [-0.2, 0) is 28.0 Å². The first-order valence-corrected chi connectivity index (χ1v) is 8.79. The lowest BCUT2D eigenvalue weighted by Crippen LogP contribution is -2.19. The van der Waals surface area contributed by atoms with Gasteiger partial charge in [-0.3, -0.25) is 0 Å². The van der Waals surface area contributed by atoms with E-state index in [0.29, 0.717) is 17.1 Å². The Hall–Kier alpha value is -3.75. The molecule has 1 aromatic heterocycles. The summed E-state index contributed by atoms with van der Waals surface area (Å²) in [5, 5.41) is 15.9. The smallest absolute Gasteiger partial charge is 0.360 e. The van der Waals surface area contributed by atoms with Gasteiger partial charge in [0.1, 0.15) is 19.5 Å². The van der Waals surface area contributed by atoms with Crippen LogP contribution < -0.4 is 4.74 Å². The second-order valence-electron chi connectivity index (χ2n) is 6.14. The predicted molar refractivity (Wildman–Crippen MR) is 105 cm³/mol. The normalized spacial score (nSPS) is 11.2. The summed E-state index contributed by atoms with van der Waals surface area (Å²) in [5.74, 6) is 0.665. The number of tetrazole rings is 1. The van der Waals surface area contributed by atoms with E-state index in [2.05, 4.69) is 20.6 Å². The number of aryl methyl sites for hydroxylation is 2. The highest BCUT2D eigenvalue weighted by Crippen LogP contribution is 2.25. The Morgan fingerprint density at radius 2 is 1.97 bits per heavy atom. The van der Waals surface area contributed by atoms with Crippen LogP contribution in [-0.4, -0.2) is 46.1 Å². The highest BCUT2D eigenvalue weighted by atomic mass is 16.6. The Bertz CT molecular complexity index is 1040. The number of esters is 1. The fourth-order valence-electron chi connectivity index (χ4n) is 2.77. The van der Waals surface area contributed by atoms with Crippen molar-refractivity contribution in [3.05, 3.63) is 59.2 Å². The van der Waals surface area contributed by atoms with E-state index in [-0.39, 0.29) is 12.3 Å². The van der Waals surface area contributed by atoms with Crippen molar-refractivity contribution < 1.29 is 19.1 Å². The largest absolute Gasteiger partial charge is 0.489 e. The fourth-order valence-corrected chi connectivity index (χ4v) is 2.77. The van der Waals surface area contributed by atoms with Crippen molar-refractivity contribution in [1.29, 1.82) is 0 Å². The second-order valence-corrected chi connectivity index (χ2v) is 6.14. The molecule has 0 aliphatic heterocycles. The Kier molecular flexibility index (Phi) is 6.18. The van der Waals surface area contributed by atoms with Crippen molar-refractivity contribution in [1.82, 2.24) is 20.2 Å². The van der Waals surface area contributed by atoms with Crippen LogP contribution in [0.1, 0.15) is 16.7 Å². The maximum absolute atomic E-state index is 12.1. The molecule has 3 aromatic rings. The van der Waals surface area contributed by atoms with Gasteiger partial charge in [0.05, 0.1) is 14.2 Å². The molecule has 0 saturated carbocycles. The van der Waals surface area contributed by atoms with Gasteiger partial charge >= 0.3 is 5.97 Å². The average molecular weight is 395 g/mol. The number of carbonyl (C=O) groups is 1. The molecule has 0 saturated heterocycles. The molecule has 0 N–H and O–H groups in total. The molecule has 29 heavy (non-hydrogen) atoms. The Morgan fingerprint density at radius 1 is 1.17 bits per heavy atom. The molecular weight excluding hydrogens is 374 g/mol. The standard InChI is InChI=1S/C20H21N5O4/c1-13-11-14(19-21-24-25(2)22-19)9-10-17(13)29-12-15-7-5-6-8-16(15)18(23-28-4)20(26)27-3/h5-11H,12H2,1-4H3. The third-order valence-corrected chi connectivity index (χ3v) is 4.16. The van der Waals surface area contributed by atoms with Crippen LogP contribution in [0.2, 0.25) is 0 Å². The third-order valence-electron chi connectivity index (χ3n) is 4.16. The molecule has 0 atom stereocenters. The summed E-state index contributed by atoms with van der Waals surface area (Å²) < 4.78 is 10.8. The molecule has 9 nitrogen and oxygen atoms in total. The number of oxime groups is 1. The number of nitrogens with zero attached hydrogens (tertiary/aromatic N) is 5. The predicted octanol–water partition coefficient (Wildman–Crippen LogP) is 2.29. The van der Waals surface area contributed by atoms with Gasteiger partial charge < -0.3 is 14.3 Å². The van der Waals surface area contributed by atoms with Gasteiger partial charge in [-0.1, -0.05) is 29.4 Å². The number of hydrogen-bond acceptors (Lipinski definition) is 8. The van der Waals surface area contributed by atoms with Gasteiger partial charge in [-0.2, -0.15) is 4.80 Å². The van der Waals surface area contributed by atoms with E-state index in [0.717, 1.165) is 16.7 Å². The van der Waals surface area contributed by atoms with Gasteiger partial charge in [-0.15, -0.1) is 10.2 Å². The van der Waals surface area contributed by atoms with Crippen molar-refractivity contribution >= 4 is 11.7 Å². The number of aromatic nitrogens is 4. The Labute approximate surface area is 167 Å². The van der Waals surface area contributed by atoms with Crippen molar-refractivity contribution in [2.75, 3.05) is 14.2 Å². The zero-order valence-electron chi connectivity index (χ0n) is 16.6. The molecule has 9 heteroatoms. The number of carbonyl (C=O) groups excluding carboxylic acids is 1. The van der Waals surface area contributed by atoms with Crippen molar-refractivity contribution in [2.45, 2.75) is 13.5 Å². The van der Waals surface area contributed by atoms with E-state index >= 15 is 0 Å². The van der Waals surface area contributed by atoms with Crippen LogP contribution in [0.4, 0.5) is 0 Å². The van der Waals surface area contributed by atoms with Gasteiger partial charge in [0.25, 0.3) is 0 Å². The van der Waals surface area contributed by atoms with Crippen molar-refractivity contribution in [3.8, 4) is 17.1 Å². The number of ether oxygens (including phenoxy) is 2. The Balaban J connectivity index is 1.82. The molecule has 0 unspecified atom stereocenters. The van der Waals surface area contributed by atoms with E-state index in [1.165, 1.54) is 19.0 Å².